The summed E-state index contributed by atoms with van der Waals surface area (Å²) in [5, 5.41) is 2.54. The average molecular weight is 389 g/mol. The molecule has 0 spiro atoms. The molecule has 0 fully saturated rings. The highest BCUT2D eigenvalue weighted by Gasteiger charge is 2.34. The van der Waals surface area contributed by atoms with Gasteiger partial charge in [-0.25, -0.2) is 13.4 Å². The molecule has 1 amide bonds. The Morgan fingerprint density at radius 3 is 2.55 bits per heavy atom. The minimum absolute atomic E-state index is 0.0353. The van der Waals surface area contributed by atoms with Crippen LogP contribution in [-0.2, 0) is 14.6 Å². The molecule has 0 aromatic carbocycles. The summed E-state index contributed by atoms with van der Waals surface area (Å²) in [6.45, 7) is 4.96. The Labute approximate surface area is 138 Å². The fourth-order valence-electron chi connectivity index (χ4n) is 1.59. The zero-order valence-electron chi connectivity index (χ0n) is 12.7. The molecule has 0 saturated carbocycles. The minimum Gasteiger partial charge on any atom is -0.448 e. The number of rotatable bonds is 5. The third-order valence-corrected chi connectivity index (χ3v) is 3.96. The van der Waals surface area contributed by atoms with E-state index in [0.717, 1.165) is 6.26 Å². The standard InChI is InChI=1S/C14H17BrN2O4S/c1-5-8-14(2,3)17-12(18)13(22(4,19)20)21-11-7-6-10(15)9-16-11/h6-7,9,13H,1-4H3,(H,17,18). The number of aromatic nitrogens is 1. The van der Waals surface area contributed by atoms with Crippen molar-refractivity contribution in [3.05, 3.63) is 22.8 Å². The number of pyridine rings is 1. The van der Waals surface area contributed by atoms with Crippen molar-refractivity contribution in [3.8, 4) is 17.7 Å². The van der Waals surface area contributed by atoms with Crippen LogP contribution in [0.2, 0.25) is 0 Å². The molecule has 1 heterocycles. The van der Waals surface area contributed by atoms with E-state index in [0.29, 0.717) is 4.47 Å². The lowest BCUT2D eigenvalue weighted by Crippen LogP contribution is -2.51. The highest BCUT2D eigenvalue weighted by Crippen LogP contribution is 2.16. The Balaban J connectivity index is 3.01. The van der Waals surface area contributed by atoms with Crippen LogP contribution in [0.4, 0.5) is 0 Å². The maximum atomic E-state index is 12.2. The largest absolute Gasteiger partial charge is 0.448 e. The smallest absolute Gasteiger partial charge is 0.278 e. The maximum Gasteiger partial charge on any atom is 0.278 e. The van der Waals surface area contributed by atoms with Crippen molar-refractivity contribution in [3.63, 3.8) is 0 Å². The summed E-state index contributed by atoms with van der Waals surface area (Å²) in [4.78, 5) is 16.1. The summed E-state index contributed by atoms with van der Waals surface area (Å²) in [6, 6.07) is 3.10. The molecule has 0 bridgehead atoms. The maximum absolute atomic E-state index is 12.2. The van der Waals surface area contributed by atoms with Gasteiger partial charge >= 0.3 is 0 Å². The lowest BCUT2D eigenvalue weighted by atomic mass is 10.1. The number of nitrogens with one attached hydrogen (secondary N) is 1. The van der Waals surface area contributed by atoms with Crippen molar-refractivity contribution in [2.24, 2.45) is 0 Å². The third-order valence-electron chi connectivity index (χ3n) is 2.40. The van der Waals surface area contributed by atoms with Crippen molar-refractivity contribution in [2.75, 3.05) is 6.26 Å². The fraction of sp³-hybridized carbons (Fsp3) is 0.429. The first kappa shape index (κ1) is 18.5. The van der Waals surface area contributed by atoms with E-state index in [1.165, 1.54) is 12.3 Å². The quantitative estimate of drug-likeness (QED) is 0.772. The van der Waals surface area contributed by atoms with Crippen LogP contribution in [0.1, 0.15) is 20.8 Å². The molecule has 6 nitrogen and oxygen atoms in total. The molecule has 120 valence electrons. The number of carbonyl (C=O) groups excluding carboxylic acids is 1. The van der Waals surface area contributed by atoms with E-state index in [-0.39, 0.29) is 5.88 Å². The average Bonchev–Trinajstić information content (AvgIpc) is 2.35. The molecule has 1 unspecified atom stereocenters. The Hall–Kier alpha value is -1.59. The van der Waals surface area contributed by atoms with Gasteiger partial charge in [0.1, 0.15) is 0 Å². The number of halogens is 1. The van der Waals surface area contributed by atoms with Gasteiger partial charge in [0.15, 0.2) is 9.84 Å². The van der Waals surface area contributed by atoms with Crippen LogP contribution >= 0.6 is 15.9 Å². The van der Waals surface area contributed by atoms with E-state index in [1.54, 1.807) is 26.8 Å². The van der Waals surface area contributed by atoms with Crippen molar-refractivity contribution < 1.29 is 17.9 Å². The molecule has 8 heteroatoms. The van der Waals surface area contributed by atoms with Gasteiger partial charge in [-0.15, -0.1) is 5.92 Å². The minimum atomic E-state index is -3.79. The van der Waals surface area contributed by atoms with Gasteiger partial charge in [-0.2, -0.15) is 0 Å². The summed E-state index contributed by atoms with van der Waals surface area (Å²) < 4.78 is 29.6. The SMILES string of the molecule is CC#CC(C)(C)NC(=O)C(Oc1ccc(Br)cn1)S(C)(=O)=O. The van der Waals surface area contributed by atoms with Crippen molar-refractivity contribution >= 4 is 31.7 Å². The van der Waals surface area contributed by atoms with Gasteiger partial charge in [-0.1, -0.05) is 5.92 Å². The molecule has 0 aliphatic rings. The van der Waals surface area contributed by atoms with Crippen LogP contribution in [0.3, 0.4) is 0 Å². The molecule has 0 aliphatic heterocycles. The first-order valence-electron chi connectivity index (χ1n) is 6.28. The van der Waals surface area contributed by atoms with Gasteiger partial charge in [0.05, 0.1) is 5.54 Å². The lowest BCUT2D eigenvalue weighted by Gasteiger charge is -2.23. The summed E-state index contributed by atoms with van der Waals surface area (Å²) in [5.41, 5.74) is -2.57. The Kier molecular flexibility index (Phi) is 5.97. The predicted molar refractivity (Wildman–Crippen MR) is 86.9 cm³/mol. The zero-order valence-corrected chi connectivity index (χ0v) is 15.1. The van der Waals surface area contributed by atoms with Crippen molar-refractivity contribution in [1.29, 1.82) is 0 Å². The molecule has 0 radical (unpaired) electrons. The number of amides is 1. The van der Waals surface area contributed by atoms with E-state index in [9.17, 15) is 13.2 Å². The first-order valence-corrected chi connectivity index (χ1v) is 9.03. The fourth-order valence-corrected chi connectivity index (χ4v) is 2.54. The van der Waals surface area contributed by atoms with Crippen LogP contribution in [-0.4, -0.2) is 36.5 Å². The Morgan fingerprint density at radius 2 is 2.09 bits per heavy atom. The van der Waals surface area contributed by atoms with Crippen LogP contribution in [0.15, 0.2) is 22.8 Å². The highest BCUT2D eigenvalue weighted by molar-refractivity contribution is 9.10. The molecule has 1 aromatic rings. The highest BCUT2D eigenvalue weighted by atomic mass is 79.9. The van der Waals surface area contributed by atoms with Crippen LogP contribution in [0.25, 0.3) is 0 Å². The summed E-state index contributed by atoms with van der Waals surface area (Å²) in [5.74, 6) is 4.69. The monoisotopic (exact) mass is 388 g/mol. The lowest BCUT2D eigenvalue weighted by molar-refractivity contribution is -0.125. The predicted octanol–water partition coefficient (Wildman–Crippen LogP) is 1.51. The van der Waals surface area contributed by atoms with E-state index in [4.69, 9.17) is 4.74 Å². The molecule has 0 saturated heterocycles. The van der Waals surface area contributed by atoms with Crippen LogP contribution in [0, 0.1) is 11.8 Å². The third kappa shape index (κ3) is 5.66. The number of sulfone groups is 1. The van der Waals surface area contributed by atoms with Crippen molar-refractivity contribution in [1.82, 2.24) is 10.3 Å². The van der Waals surface area contributed by atoms with Gasteiger partial charge < -0.3 is 10.1 Å². The molecular formula is C14H17BrN2O4S. The molecule has 1 N–H and O–H groups in total. The summed E-state index contributed by atoms with van der Waals surface area (Å²) in [7, 11) is -3.79. The zero-order chi connectivity index (χ0) is 17.0. The summed E-state index contributed by atoms with van der Waals surface area (Å²) in [6.07, 6.45) is 2.37. The van der Waals surface area contributed by atoms with E-state index in [2.05, 4.69) is 38.1 Å². The topological polar surface area (TPSA) is 85.4 Å². The molecule has 0 aliphatic carbocycles. The van der Waals surface area contributed by atoms with E-state index < -0.39 is 26.7 Å². The van der Waals surface area contributed by atoms with Gasteiger partial charge in [0.25, 0.3) is 11.3 Å². The number of ether oxygens (including phenoxy) is 1. The van der Waals surface area contributed by atoms with Gasteiger partial charge in [-0.05, 0) is 42.8 Å². The van der Waals surface area contributed by atoms with Crippen LogP contribution in [0.5, 0.6) is 5.88 Å². The second-order valence-corrected chi connectivity index (χ2v) is 8.09. The van der Waals surface area contributed by atoms with E-state index >= 15 is 0 Å². The van der Waals surface area contributed by atoms with E-state index in [1.807, 2.05) is 0 Å². The molecule has 1 aromatic heterocycles. The Morgan fingerprint density at radius 1 is 1.45 bits per heavy atom. The number of nitrogens with zero attached hydrogens (tertiary/aromatic N) is 1. The number of carbonyl (C=O) groups is 1. The van der Waals surface area contributed by atoms with Crippen molar-refractivity contribution in [2.45, 2.75) is 31.7 Å². The number of hydrogen-bond donors (Lipinski definition) is 1. The molecule has 1 atom stereocenters. The second kappa shape index (κ2) is 7.11. The van der Waals surface area contributed by atoms with Gasteiger partial charge in [0, 0.05) is 23.0 Å². The number of hydrogen-bond acceptors (Lipinski definition) is 5. The molecule has 1 rings (SSSR count). The Bertz CT molecular complexity index is 703. The van der Waals surface area contributed by atoms with Crippen LogP contribution < -0.4 is 10.1 Å². The second-order valence-electron chi connectivity index (χ2n) is 5.08. The molecular weight excluding hydrogens is 372 g/mol. The normalized spacial score (nSPS) is 12.8. The molecule has 22 heavy (non-hydrogen) atoms. The van der Waals surface area contributed by atoms with Gasteiger partial charge in [-0.3, -0.25) is 4.79 Å². The van der Waals surface area contributed by atoms with Gasteiger partial charge in [0.2, 0.25) is 5.88 Å². The summed E-state index contributed by atoms with van der Waals surface area (Å²) >= 11 is 3.21. The first-order chi connectivity index (χ1) is 10.0.